The fourth-order valence-electron chi connectivity index (χ4n) is 3.13. The van der Waals surface area contributed by atoms with Gasteiger partial charge in [-0.2, -0.15) is 0 Å². The molecule has 0 aliphatic heterocycles. The van der Waals surface area contributed by atoms with Crippen LogP contribution in [0, 0.1) is 13.8 Å². The third kappa shape index (κ3) is 5.97. The number of benzene rings is 2. The number of hydrogen-bond donors (Lipinski definition) is 1. The van der Waals surface area contributed by atoms with Crippen molar-refractivity contribution >= 4 is 5.91 Å². The molecule has 1 heterocycles. The molecule has 0 bridgehead atoms. The molecule has 3 rings (SSSR count). The molecule has 7 heteroatoms. The van der Waals surface area contributed by atoms with Crippen LogP contribution in [0.3, 0.4) is 0 Å². The highest BCUT2D eigenvalue weighted by Crippen LogP contribution is 2.20. The van der Waals surface area contributed by atoms with Crippen LogP contribution >= 0.6 is 0 Å². The Labute approximate surface area is 188 Å². The molecule has 0 aliphatic carbocycles. The number of ether oxygens (including phenoxy) is 2. The second-order valence-electron chi connectivity index (χ2n) is 7.56. The summed E-state index contributed by atoms with van der Waals surface area (Å²) in [4.78, 5) is 29.2. The van der Waals surface area contributed by atoms with Crippen molar-refractivity contribution in [3.05, 3.63) is 76.3 Å². The lowest BCUT2D eigenvalue weighted by molar-refractivity contribution is -0.127. The summed E-state index contributed by atoms with van der Waals surface area (Å²) in [6.07, 6.45) is 0.851. The first-order valence-corrected chi connectivity index (χ1v) is 10.7. The molecule has 1 N–H and O–H groups in total. The quantitative estimate of drug-likeness (QED) is 0.556. The number of hydrogen-bond acceptors (Lipinski definition) is 5. The smallest absolute Gasteiger partial charge is 0.260 e. The fourth-order valence-corrected chi connectivity index (χ4v) is 3.13. The van der Waals surface area contributed by atoms with Gasteiger partial charge in [-0.15, -0.1) is 0 Å². The number of carbonyl (C=O) groups is 1. The van der Waals surface area contributed by atoms with Gasteiger partial charge in [-0.3, -0.25) is 14.2 Å². The maximum Gasteiger partial charge on any atom is 0.260 e. The van der Waals surface area contributed by atoms with E-state index in [-0.39, 0.29) is 11.5 Å². The number of nitrogens with zero attached hydrogens (tertiary/aromatic N) is 2. The summed E-state index contributed by atoms with van der Waals surface area (Å²) in [5, 5.41) is 2.80. The summed E-state index contributed by atoms with van der Waals surface area (Å²) in [6, 6.07) is 14.7. The van der Waals surface area contributed by atoms with Crippen molar-refractivity contribution in [2.24, 2.45) is 0 Å². The molecule has 0 saturated heterocycles. The van der Waals surface area contributed by atoms with Crippen molar-refractivity contribution in [2.45, 2.75) is 40.3 Å². The van der Waals surface area contributed by atoms with Gasteiger partial charge in [0.1, 0.15) is 11.5 Å². The third-order valence-electron chi connectivity index (χ3n) is 5.15. The number of aromatic nitrogens is 2. The third-order valence-corrected chi connectivity index (χ3v) is 5.15. The zero-order valence-electron chi connectivity index (χ0n) is 18.9. The average molecular weight is 436 g/mol. The Hall–Kier alpha value is -3.61. The van der Waals surface area contributed by atoms with Crippen LogP contribution in [0.25, 0.3) is 11.3 Å². The lowest BCUT2D eigenvalue weighted by atomic mass is 10.1. The number of rotatable bonds is 9. The highest BCUT2D eigenvalue weighted by Gasteiger charge is 2.14. The molecule has 0 radical (unpaired) electrons. The molecule has 1 unspecified atom stereocenters. The molecule has 0 spiro atoms. The topological polar surface area (TPSA) is 82.5 Å². The van der Waals surface area contributed by atoms with Crippen LogP contribution in [0.2, 0.25) is 0 Å². The number of aryl methyl sites for hydroxylation is 2. The Bertz CT molecular complexity index is 1120. The van der Waals surface area contributed by atoms with Gasteiger partial charge in [0.2, 0.25) is 0 Å². The molecule has 2 aromatic carbocycles. The van der Waals surface area contributed by atoms with E-state index in [1.165, 1.54) is 22.5 Å². The maximum absolute atomic E-state index is 12.5. The van der Waals surface area contributed by atoms with Crippen molar-refractivity contribution in [1.82, 2.24) is 14.9 Å². The Kier molecular flexibility index (Phi) is 7.65. The molecular weight excluding hydrogens is 406 g/mol. The lowest BCUT2D eigenvalue weighted by Crippen LogP contribution is -2.38. The van der Waals surface area contributed by atoms with Gasteiger partial charge in [0.05, 0.1) is 18.6 Å². The van der Waals surface area contributed by atoms with Gasteiger partial charge < -0.3 is 14.8 Å². The van der Waals surface area contributed by atoms with E-state index in [2.05, 4.69) is 10.3 Å². The van der Waals surface area contributed by atoms with E-state index in [0.717, 1.165) is 16.9 Å². The van der Waals surface area contributed by atoms with Crippen LogP contribution in [0.4, 0.5) is 0 Å². The molecule has 32 heavy (non-hydrogen) atoms. The summed E-state index contributed by atoms with van der Waals surface area (Å²) < 4.78 is 12.6. The highest BCUT2D eigenvalue weighted by molar-refractivity contribution is 5.80. The molecule has 0 saturated carbocycles. The van der Waals surface area contributed by atoms with Crippen LogP contribution in [0.1, 0.15) is 25.0 Å². The minimum absolute atomic E-state index is 0.183. The summed E-state index contributed by atoms with van der Waals surface area (Å²) >= 11 is 0. The molecule has 0 aliphatic rings. The standard InChI is InChI=1S/C25H29N3O4/c1-5-31-21-10-7-20(8-11-21)23-15-24(29)28(16-27-23)13-12-26-25(30)19(4)32-22-9-6-17(2)18(3)14-22/h6-11,14-16,19H,5,12-13H2,1-4H3,(H,26,30). The van der Waals surface area contributed by atoms with E-state index < -0.39 is 6.10 Å². The first-order valence-electron chi connectivity index (χ1n) is 10.7. The SMILES string of the molecule is CCOc1ccc(-c2cc(=O)n(CCNC(=O)C(C)Oc3ccc(C)c(C)c3)cn2)cc1. The largest absolute Gasteiger partial charge is 0.494 e. The molecule has 1 aromatic heterocycles. The molecule has 168 valence electrons. The van der Waals surface area contributed by atoms with Crippen molar-refractivity contribution in [3.8, 4) is 22.8 Å². The summed E-state index contributed by atoms with van der Waals surface area (Å²) in [6.45, 7) is 8.86. The van der Waals surface area contributed by atoms with E-state index in [0.29, 0.717) is 31.1 Å². The van der Waals surface area contributed by atoms with E-state index in [1.807, 2.05) is 63.2 Å². The molecule has 1 amide bonds. The fraction of sp³-hybridized carbons (Fsp3) is 0.320. The van der Waals surface area contributed by atoms with Crippen molar-refractivity contribution < 1.29 is 14.3 Å². The lowest BCUT2D eigenvalue weighted by Gasteiger charge is -2.16. The highest BCUT2D eigenvalue weighted by atomic mass is 16.5. The molecule has 1 atom stereocenters. The second-order valence-corrected chi connectivity index (χ2v) is 7.56. The maximum atomic E-state index is 12.5. The number of carbonyl (C=O) groups excluding carboxylic acids is 1. The van der Waals surface area contributed by atoms with Gasteiger partial charge in [-0.05, 0) is 75.2 Å². The Morgan fingerprint density at radius 2 is 1.78 bits per heavy atom. The molecular formula is C25H29N3O4. The summed E-state index contributed by atoms with van der Waals surface area (Å²) in [7, 11) is 0. The van der Waals surface area contributed by atoms with Gasteiger partial charge in [-0.25, -0.2) is 4.98 Å². The van der Waals surface area contributed by atoms with Crippen molar-refractivity contribution in [3.63, 3.8) is 0 Å². The van der Waals surface area contributed by atoms with Gasteiger partial charge >= 0.3 is 0 Å². The zero-order valence-corrected chi connectivity index (χ0v) is 18.9. The minimum Gasteiger partial charge on any atom is -0.494 e. The van der Waals surface area contributed by atoms with Crippen LogP contribution in [0.15, 0.2) is 59.7 Å². The first-order chi connectivity index (χ1) is 15.4. The first kappa shape index (κ1) is 23.1. The van der Waals surface area contributed by atoms with Crippen LogP contribution < -0.4 is 20.3 Å². The number of nitrogens with one attached hydrogen (secondary N) is 1. The van der Waals surface area contributed by atoms with Crippen LogP contribution in [-0.4, -0.2) is 34.7 Å². The van der Waals surface area contributed by atoms with E-state index in [1.54, 1.807) is 6.92 Å². The summed E-state index contributed by atoms with van der Waals surface area (Å²) in [5.74, 6) is 1.19. The Morgan fingerprint density at radius 1 is 1.06 bits per heavy atom. The molecule has 3 aromatic rings. The predicted molar refractivity (Wildman–Crippen MR) is 124 cm³/mol. The normalized spacial score (nSPS) is 11.6. The van der Waals surface area contributed by atoms with E-state index in [4.69, 9.17) is 9.47 Å². The van der Waals surface area contributed by atoms with Gasteiger partial charge in [-0.1, -0.05) is 6.07 Å². The number of amides is 1. The van der Waals surface area contributed by atoms with E-state index >= 15 is 0 Å². The Morgan fingerprint density at radius 3 is 2.44 bits per heavy atom. The van der Waals surface area contributed by atoms with Crippen LogP contribution in [-0.2, 0) is 11.3 Å². The predicted octanol–water partition coefficient (Wildman–Crippen LogP) is 3.51. The van der Waals surface area contributed by atoms with Gasteiger partial charge in [0, 0.05) is 24.7 Å². The van der Waals surface area contributed by atoms with Crippen molar-refractivity contribution in [1.29, 1.82) is 0 Å². The van der Waals surface area contributed by atoms with Crippen LogP contribution in [0.5, 0.6) is 11.5 Å². The molecule has 0 fully saturated rings. The second kappa shape index (κ2) is 10.6. The monoisotopic (exact) mass is 435 g/mol. The van der Waals surface area contributed by atoms with Gasteiger partial charge in [0.25, 0.3) is 11.5 Å². The molecule has 7 nitrogen and oxygen atoms in total. The minimum atomic E-state index is -0.644. The van der Waals surface area contributed by atoms with Crippen molar-refractivity contribution in [2.75, 3.05) is 13.2 Å². The summed E-state index contributed by atoms with van der Waals surface area (Å²) in [5.41, 5.74) is 3.52. The van der Waals surface area contributed by atoms with E-state index in [9.17, 15) is 9.59 Å². The zero-order chi connectivity index (χ0) is 23.1. The Balaban J connectivity index is 1.53. The average Bonchev–Trinajstić information content (AvgIpc) is 2.78. The van der Waals surface area contributed by atoms with Gasteiger partial charge in [0.15, 0.2) is 6.10 Å².